The van der Waals surface area contributed by atoms with Crippen molar-refractivity contribution in [2.75, 3.05) is 5.43 Å². The lowest BCUT2D eigenvalue weighted by Gasteiger charge is -2.06. The highest BCUT2D eigenvalue weighted by Crippen LogP contribution is 2.21. The summed E-state index contributed by atoms with van der Waals surface area (Å²) in [5.41, 5.74) is 2.71. The number of aromatic nitrogens is 1. The van der Waals surface area contributed by atoms with Crippen molar-refractivity contribution < 1.29 is 17.6 Å². The lowest BCUT2D eigenvalue weighted by molar-refractivity contribution is 0.411. The van der Waals surface area contributed by atoms with Crippen molar-refractivity contribution in [1.82, 2.24) is 4.98 Å². The van der Waals surface area contributed by atoms with Crippen LogP contribution in [0.25, 0.3) is 0 Å². The predicted octanol–water partition coefficient (Wildman–Crippen LogP) is 4.21. The van der Waals surface area contributed by atoms with E-state index in [2.05, 4.69) is 10.1 Å². The molecule has 0 aliphatic carbocycles. The van der Waals surface area contributed by atoms with Crippen LogP contribution in [0.1, 0.15) is 30.9 Å². The van der Waals surface area contributed by atoms with Crippen LogP contribution in [0.3, 0.4) is 0 Å². The fraction of sp³-hybridized carbons (Fsp3) is 0.200. The van der Waals surface area contributed by atoms with Crippen LogP contribution in [-0.2, 0) is 0 Å². The quantitative estimate of drug-likeness (QED) is 0.397. The van der Waals surface area contributed by atoms with Crippen molar-refractivity contribution in [2.45, 2.75) is 19.8 Å². The summed E-state index contributed by atoms with van der Waals surface area (Å²) in [5.74, 6) is -6.37. The lowest BCUT2D eigenvalue weighted by atomic mass is 10.0. The minimum atomic E-state index is -1.74. The van der Waals surface area contributed by atoms with Crippen molar-refractivity contribution in [1.29, 1.82) is 0 Å². The predicted molar refractivity (Wildman–Crippen MR) is 75.8 cm³/mol. The topological polar surface area (TPSA) is 37.3 Å². The number of nitrogens with zero attached hydrogens (tertiary/aromatic N) is 2. The Bertz CT molecular complexity index is 671. The second-order valence-electron chi connectivity index (χ2n) is 4.89. The normalized spacial score (nSPS) is 11.4. The lowest BCUT2D eigenvalue weighted by Crippen LogP contribution is -2.05. The largest absolute Gasteiger partial charge is 0.272 e. The molecule has 0 aliphatic heterocycles. The molecule has 0 radical (unpaired) electrons. The zero-order valence-corrected chi connectivity index (χ0v) is 11.9. The first-order valence-electron chi connectivity index (χ1n) is 6.49. The summed E-state index contributed by atoms with van der Waals surface area (Å²) >= 11 is 0. The van der Waals surface area contributed by atoms with Crippen LogP contribution >= 0.6 is 0 Å². The number of hydrogen-bond donors (Lipinski definition) is 1. The van der Waals surface area contributed by atoms with Crippen molar-refractivity contribution in [3.63, 3.8) is 0 Å². The van der Waals surface area contributed by atoms with Gasteiger partial charge in [-0.1, -0.05) is 38.1 Å². The molecule has 0 unspecified atom stereocenters. The first kappa shape index (κ1) is 15.9. The molecular formula is C15H13F4N3. The highest BCUT2D eigenvalue weighted by molar-refractivity contribution is 5.80. The van der Waals surface area contributed by atoms with Gasteiger partial charge in [-0.2, -0.15) is 27.6 Å². The maximum atomic E-state index is 13.3. The monoisotopic (exact) mass is 311 g/mol. The molecule has 1 heterocycles. The number of hydrogen-bond acceptors (Lipinski definition) is 3. The van der Waals surface area contributed by atoms with Gasteiger partial charge in [0.25, 0.3) is 11.9 Å². The fourth-order valence-electron chi connectivity index (χ4n) is 1.72. The van der Waals surface area contributed by atoms with Crippen LogP contribution in [0.5, 0.6) is 0 Å². The third-order valence-corrected chi connectivity index (χ3v) is 2.99. The van der Waals surface area contributed by atoms with Crippen LogP contribution < -0.4 is 5.43 Å². The number of nitrogens with one attached hydrogen (secondary N) is 1. The van der Waals surface area contributed by atoms with E-state index < -0.39 is 29.2 Å². The average Bonchev–Trinajstić information content (AvgIpc) is 2.49. The van der Waals surface area contributed by atoms with Gasteiger partial charge in [-0.3, -0.25) is 5.43 Å². The summed E-state index contributed by atoms with van der Waals surface area (Å²) in [6.07, 6.45) is 1.28. The van der Waals surface area contributed by atoms with Gasteiger partial charge >= 0.3 is 0 Å². The molecule has 0 spiro atoms. The smallest absolute Gasteiger partial charge is 0.254 e. The Morgan fingerprint density at radius 1 is 1.00 bits per heavy atom. The first-order chi connectivity index (χ1) is 10.4. The molecule has 3 nitrogen and oxygen atoms in total. The van der Waals surface area contributed by atoms with Crippen molar-refractivity contribution in [3.8, 4) is 0 Å². The van der Waals surface area contributed by atoms with Gasteiger partial charge in [0, 0.05) is 0 Å². The third-order valence-electron chi connectivity index (χ3n) is 2.99. The number of halogens is 4. The number of hydrazone groups is 1. The van der Waals surface area contributed by atoms with Gasteiger partial charge < -0.3 is 0 Å². The van der Waals surface area contributed by atoms with Crippen LogP contribution in [0.2, 0.25) is 0 Å². The van der Waals surface area contributed by atoms with Gasteiger partial charge in [0.15, 0.2) is 0 Å². The van der Waals surface area contributed by atoms with Gasteiger partial charge in [-0.15, -0.1) is 0 Å². The summed E-state index contributed by atoms with van der Waals surface area (Å²) in [5, 5.41) is 3.57. The SMILES string of the molecule is CC(C)c1ccc(/C=N\Nc2c(F)c(F)nc(F)c2F)cc1. The highest BCUT2D eigenvalue weighted by Gasteiger charge is 2.20. The Morgan fingerprint density at radius 2 is 1.55 bits per heavy atom. The van der Waals surface area contributed by atoms with Gasteiger partial charge in [-0.05, 0) is 17.0 Å². The number of pyridine rings is 1. The van der Waals surface area contributed by atoms with E-state index in [0.717, 1.165) is 5.56 Å². The Hall–Kier alpha value is -2.44. The first-order valence-corrected chi connectivity index (χ1v) is 6.49. The van der Waals surface area contributed by atoms with E-state index in [4.69, 9.17) is 0 Å². The summed E-state index contributed by atoms with van der Waals surface area (Å²) in [4.78, 5) is 2.45. The standard InChI is InChI=1S/C15H13F4N3/c1-8(2)10-5-3-9(4-6-10)7-20-22-13-11(16)14(18)21-15(19)12(13)17/h3-8H,1-2H3,(H,21,22)/b20-7-. The molecule has 0 atom stereocenters. The maximum absolute atomic E-state index is 13.3. The molecule has 2 aromatic rings. The number of anilines is 1. The van der Waals surface area contributed by atoms with Gasteiger partial charge in [0.05, 0.1) is 6.21 Å². The van der Waals surface area contributed by atoms with Crippen LogP contribution in [-0.4, -0.2) is 11.2 Å². The van der Waals surface area contributed by atoms with E-state index in [9.17, 15) is 17.6 Å². The van der Waals surface area contributed by atoms with Crippen molar-refractivity contribution in [3.05, 3.63) is 58.9 Å². The molecule has 0 amide bonds. The maximum Gasteiger partial charge on any atom is 0.254 e. The van der Waals surface area contributed by atoms with E-state index in [1.165, 1.54) is 6.21 Å². The van der Waals surface area contributed by atoms with Crippen LogP contribution in [0.15, 0.2) is 29.4 Å². The zero-order valence-electron chi connectivity index (χ0n) is 11.9. The Balaban J connectivity index is 2.16. The highest BCUT2D eigenvalue weighted by atomic mass is 19.2. The summed E-state index contributed by atoms with van der Waals surface area (Å²) < 4.78 is 52.5. The number of rotatable bonds is 4. The Morgan fingerprint density at radius 3 is 2.05 bits per heavy atom. The van der Waals surface area contributed by atoms with Crippen LogP contribution in [0, 0.1) is 23.5 Å². The van der Waals surface area contributed by atoms with E-state index in [0.29, 0.717) is 11.5 Å². The zero-order chi connectivity index (χ0) is 16.3. The van der Waals surface area contributed by atoms with Gasteiger partial charge in [-0.25, -0.2) is 0 Å². The molecular weight excluding hydrogens is 298 g/mol. The van der Waals surface area contributed by atoms with Crippen molar-refractivity contribution in [2.24, 2.45) is 5.10 Å². The van der Waals surface area contributed by atoms with Crippen molar-refractivity contribution >= 4 is 11.9 Å². The summed E-state index contributed by atoms with van der Waals surface area (Å²) in [6.45, 7) is 4.09. The molecule has 1 N–H and O–H groups in total. The Kier molecular flexibility index (Phi) is 4.75. The molecule has 116 valence electrons. The fourth-order valence-corrected chi connectivity index (χ4v) is 1.72. The molecule has 0 aliphatic rings. The molecule has 7 heteroatoms. The van der Waals surface area contributed by atoms with E-state index >= 15 is 0 Å². The van der Waals surface area contributed by atoms with Gasteiger partial charge in [0.1, 0.15) is 5.69 Å². The minimum Gasteiger partial charge on any atom is -0.272 e. The Labute approximate surface area is 124 Å². The van der Waals surface area contributed by atoms with E-state index in [-0.39, 0.29) is 0 Å². The molecule has 0 bridgehead atoms. The minimum absolute atomic E-state index is 0.370. The molecule has 2 rings (SSSR count). The van der Waals surface area contributed by atoms with E-state index in [1.807, 2.05) is 31.4 Å². The second-order valence-corrected chi connectivity index (χ2v) is 4.89. The molecule has 1 aromatic heterocycles. The van der Waals surface area contributed by atoms with E-state index in [1.54, 1.807) is 12.1 Å². The molecule has 0 fully saturated rings. The third kappa shape index (κ3) is 3.41. The summed E-state index contributed by atoms with van der Waals surface area (Å²) in [6, 6.07) is 7.31. The average molecular weight is 311 g/mol. The molecule has 1 aromatic carbocycles. The van der Waals surface area contributed by atoms with Crippen LogP contribution in [0.4, 0.5) is 23.2 Å². The molecule has 22 heavy (non-hydrogen) atoms. The number of benzene rings is 1. The molecule has 0 saturated carbocycles. The summed E-state index contributed by atoms with van der Waals surface area (Å²) in [7, 11) is 0. The van der Waals surface area contributed by atoms with Gasteiger partial charge in [0.2, 0.25) is 11.6 Å². The second kappa shape index (κ2) is 6.55. The molecule has 0 saturated heterocycles.